The number of rotatable bonds is 6. The summed E-state index contributed by atoms with van der Waals surface area (Å²) in [5, 5.41) is 13.8. The highest BCUT2D eigenvalue weighted by Crippen LogP contribution is 2.50. The quantitative estimate of drug-likeness (QED) is 0.687. The molecule has 3 heterocycles. The molecule has 1 unspecified atom stereocenters. The first-order valence-electron chi connectivity index (χ1n) is 8.32. The van der Waals surface area contributed by atoms with Crippen molar-refractivity contribution in [3.8, 4) is 6.07 Å². The summed E-state index contributed by atoms with van der Waals surface area (Å²) in [5.74, 6) is 0.208. The van der Waals surface area contributed by atoms with E-state index in [2.05, 4.69) is 21.1 Å². The monoisotopic (exact) mass is 396 g/mol. The van der Waals surface area contributed by atoms with E-state index >= 15 is 0 Å². The van der Waals surface area contributed by atoms with Crippen molar-refractivity contribution in [3.05, 3.63) is 18.2 Å². The number of fused-ring (bicyclic) bond motifs is 1. The van der Waals surface area contributed by atoms with Crippen LogP contribution in [0.3, 0.4) is 0 Å². The molecule has 11 nitrogen and oxygen atoms in total. The number of imidazole rings is 1. The van der Waals surface area contributed by atoms with Crippen LogP contribution >= 0.6 is 7.82 Å². The Hall–Kier alpha value is -2.09. The number of anilines is 1. The number of nitrogens with two attached hydrogens (primary N) is 1. The molecule has 0 bridgehead atoms. The van der Waals surface area contributed by atoms with Crippen LogP contribution in [0.25, 0.3) is 5.65 Å². The third-order valence-corrected chi connectivity index (χ3v) is 5.37. The molecule has 0 spiro atoms. The van der Waals surface area contributed by atoms with Gasteiger partial charge in [0.2, 0.25) is 0 Å². The van der Waals surface area contributed by atoms with Crippen molar-refractivity contribution in [1.29, 1.82) is 5.26 Å². The highest BCUT2D eigenvalue weighted by Gasteiger charge is 2.48. The van der Waals surface area contributed by atoms with Crippen LogP contribution in [0.2, 0.25) is 0 Å². The SMILES string of the molecule is CC(C)OP(=O)(O)OC[C@@H]1C[C@@](C)(C#N)[C@H](c2cnc3c(N)ncnn23)O1. The Morgan fingerprint density at radius 3 is 3.00 bits per heavy atom. The molecule has 27 heavy (non-hydrogen) atoms. The van der Waals surface area contributed by atoms with Crippen LogP contribution in [-0.4, -0.2) is 43.3 Å². The molecule has 2 aromatic heterocycles. The first-order chi connectivity index (χ1) is 12.6. The van der Waals surface area contributed by atoms with Crippen molar-refractivity contribution in [2.75, 3.05) is 12.3 Å². The Balaban J connectivity index is 1.81. The molecule has 1 aliphatic rings. The van der Waals surface area contributed by atoms with Gasteiger partial charge in [0.25, 0.3) is 0 Å². The van der Waals surface area contributed by atoms with Gasteiger partial charge in [-0.25, -0.2) is 19.0 Å². The lowest BCUT2D eigenvalue weighted by Gasteiger charge is -2.21. The molecular weight excluding hydrogens is 375 g/mol. The molecule has 3 rings (SSSR count). The van der Waals surface area contributed by atoms with Crippen molar-refractivity contribution < 1.29 is 23.2 Å². The van der Waals surface area contributed by atoms with Crippen LogP contribution in [0.5, 0.6) is 0 Å². The maximum atomic E-state index is 11.9. The van der Waals surface area contributed by atoms with Gasteiger partial charge in [0.1, 0.15) is 12.4 Å². The predicted molar refractivity (Wildman–Crippen MR) is 93.1 cm³/mol. The molecule has 0 aromatic carbocycles. The second kappa shape index (κ2) is 7.14. The largest absolute Gasteiger partial charge is 0.472 e. The summed E-state index contributed by atoms with van der Waals surface area (Å²) >= 11 is 0. The van der Waals surface area contributed by atoms with Gasteiger partial charge in [-0.15, -0.1) is 0 Å². The maximum absolute atomic E-state index is 11.9. The number of nitriles is 1. The van der Waals surface area contributed by atoms with Gasteiger partial charge in [-0.05, 0) is 27.2 Å². The molecule has 1 saturated heterocycles. The molecule has 146 valence electrons. The lowest BCUT2D eigenvalue weighted by atomic mass is 9.82. The highest BCUT2D eigenvalue weighted by atomic mass is 31.2. The number of nitrogens with zero attached hydrogens (tertiary/aromatic N) is 5. The number of nitrogen functional groups attached to an aromatic ring is 1. The second-order valence-electron chi connectivity index (χ2n) is 6.85. The average Bonchev–Trinajstić information content (AvgIpc) is 3.14. The first kappa shape index (κ1) is 19.7. The van der Waals surface area contributed by atoms with Crippen molar-refractivity contribution in [2.45, 2.75) is 45.5 Å². The van der Waals surface area contributed by atoms with Crippen LogP contribution in [0.1, 0.15) is 39.0 Å². The number of hydrogen-bond donors (Lipinski definition) is 2. The average molecular weight is 396 g/mol. The minimum Gasteiger partial charge on any atom is -0.381 e. The third-order valence-electron chi connectivity index (χ3n) is 4.21. The number of hydrogen-bond acceptors (Lipinski definition) is 9. The Morgan fingerprint density at radius 1 is 1.59 bits per heavy atom. The van der Waals surface area contributed by atoms with Crippen LogP contribution in [0.4, 0.5) is 5.82 Å². The number of aromatic nitrogens is 4. The van der Waals surface area contributed by atoms with E-state index in [0.717, 1.165) is 0 Å². The summed E-state index contributed by atoms with van der Waals surface area (Å²) in [6.07, 6.45) is 1.39. The number of phosphoric acid groups is 1. The summed E-state index contributed by atoms with van der Waals surface area (Å²) in [5.41, 5.74) is 5.78. The van der Waals surface area contributed by atoms with Gasteiger partial charge < -0.3 is 15.4 Å². The lowest BCUT2D eigenvalue weighted by Crippen LogP contribution is -2.20. The Morgan fingerprint density at radius 2 is 2.33 bits per heavy atom. The van der Waals surface area contributed by atoms with E-state index in [9.17, 15) is 14.7 Å². The summed E-state index contributed by atoms with van der Waals surface area (Å²) in [7, 11) is -4.19. The Bertz CT molecular complexity index is 927. The van der Waals surface area contributed by atoms with E-state index < -0.39 is 31.5 Å². The summed E-state index contributed by atoms with van der Waals surface area (Å²) < 4.78 is 29.2. The maximum Gasteiger partial charge on any atom is 0.472 e. The topological polar surface area (TPSA) is 158 Å². The molecule has 3 N–H and O–H groups in total. The number of ether oxygens (including phenoxy) is 1. The molecule has 4 atom stereocenters. The van der Waals surface area contributed by atoms with Crippen molar-refractivity contribution in [3.63, 3.8) is 0 Å². The molecule has 0 aliphatic carbocycles. The minimum atomic E-state index is -4.19. The van der Waals surface area contributed by atoms with Gasteiger partial charge in [-0.1, -0.05) is 0 Å². The normalized spacial score (nSPS) is 27.7. The van der Waals surface area contributed by atoms with E-state index in [-0.39, 0.29) is 12.4 Å². The van der Waals surface area contributed by atoms with Gasteiger partial charge in [-0.2, -0.15) is 10.4 Å². The molecule has 2 aromatic rings. The fraction of sp³-hybridized carbons (Fsp3) is 0.600. The van der Waals surface area contributed by atoms with Gasteiger partial charge in [-0.3, -0.25) is 9.05 Å². The van der Waals surface area contributed by atoms with Gasteiger partial charge in [0, 0.05) is 0 Å². The van der Waals surface area contributed by atoms with E-state index in [1.54, 1.807) is 20.8 Å². The lowest BCUT2D eigenvalue weighted by molar-refractivity contribution is -0.00794. The third kappa shape index (κ3) is 3.95. The van der Waals surface area contributed by atoms with E-state index in [1.165, 1.54) is 17.0 Å². The first-order valence-corrected chi connectivity index (χ1v) is 9.81. The zero-order valence-corrected chi connectivity index (χ0v) is 16.0. The molecule has 1 aliphatic heterocycles. The Labute approximate surface area is 155 Å². The molecule has 12 heteroatoms. The van der Waals surface area contributed by atoms with Crippen LogP contribution in [0, 0.1) is 16.7 Å². The molecule has 0 amide bonds. The summed E-state index contributed by atoms with van der Waals surface area (Å²) in [6.45, 7) is 4.80. The van der Waals surface area contributed by atoms with Crippen molar-refractivity contribution >= 4 is 19.3 Å². The van der Waals surface area contributed by atoms with Crippen molar-refractivity contribution in [1.82, 2.24) is 19.6 Å². The fourth-order valence-electron chi connectivity index (χ4n) is 3.07. The molecule has 0 radical (unpaired) electrons. The highest BCUT2D eigenvalue weighted by molar-refractivity contribution is 7.47. The van der Waals surface area contributed by atoms with E-state index in [4.69, 9.17) is 19.5 Å². The standard InChI is InChI=1S/C15H21N6O5P/c1-9(2)26-27(22,23)24-6-10-4-15(3,7-16)12(25-10)11-5-18-14-13(17)19-8-20-21(11)14/h5,8-10,12H,4,6H2,1-3H3,(H,22,23)(H2,17,19,20)/t10-,12-,15-/m0/s1. The zero-order chi connectivity index (χ0) is 19.8. The smallest absolute Gasteiger partial charge is 0.381 e. The molecule has 1 fully saturated rings. The van der Waals surface area contributed by atoms with Gasteiger partial charge in [0.15, 0.2) is 11.5 Å². The van der Waals surface area contributed by atoms with Gasteiger partial charge >= 0.3 is 7.82 Å². The minimum absolute atomic E-state index is 0.192. The fourth-order valence-corrected chi connectivity index (χ4v) is 4.02. The summed E-state index contributed by atoms with van der Waals surface area (Å²) in [6, 6.07) is 2.26. The van der Waals surface area contributed by atoms with Crippen LogP contribution in [-0.2, 0) is 18.3 Å². The van der Waals surface area contributed by atoms with E-state index in [0.29, 0.717) is 17.8 Å². The van der Waals surface area contributed by atoms with Gasteiger partial charge in [0.05, 0.1) is 42.2 Å². The van der Waals surface area contributed by atoms with Crippen LogP contribution < -0.4 is 5.73 Å². The second-order valence-corrected chi connectivity index (χ2v) is 8.26. The predicted octanol–water partition coefficient (Wildman–Crippen LogP) is 1.61. The Kier molecular flexibility index (Phi) is 5.20. The summed E-state index contributed by atoms with van der Waals surface area (Å²) in [4.78, 5) is 17.8. The zero-order valence-electron chi connectivity index (χ0n) is 15.1. The molecule has 0 saturated carbocycles. The molecular formula is C15H21N6O5P. The van der Waals surface area contributed by atoms with Crippen molar-refractivity contribution in [2.24, 2.45) is 5.41 Å². The van der Waals surface area contributed by atoms with E-state index in [1.807, 2.05) is 0 Å². The van der Waals surface area contributed by atoms with Crippen LogP contribution in [0.15, 0.2) is 12.5 Å². The number of phosphoric ester groups is 1.